The fourth-order valence-corrected chi connectivity index (χ4v) is 3.42. The summed E-state index contributed by atoms with van der Waals surface area (Å²) in [6.07, 6.45) is 0. The molecule has 1 N–H and O–H groups in total. The number of hydrogen-bond acceptors (Lipinski definition) is 5. The summed E-state index contributed by atoms with van der Waals surface area (Å²) in [5.74, 6) is 1.56. The Labute approximate surface area is 163 Å². The highest BCUT2D eigenvalue weighted by atomic mass is 35.5. The number of methoxy groups -OCH3 is 3. The van der Waals surface area contributed by atoms with Gasteiger partial charge < -0.3 is 19.5 Å². The van der Waals surface area contributed by atoms with Gasteiger partial charge in [0.05, 0.1) is 26.6 Å². The first-order valence-corrected chi connectivity index (χ1v) is 9.23. The number of halogens is 1. The summed E-state index contributed by atoms with van der Waals surface area (Å²) in [7, 11) is 4.67. The number of amides is 1. The van der Waals surface area contributed by atoms with Crippen LogP contribution in [0.5, 0.6) is 17.2 Å². The van der Waals surface area contributed by atoms with Crippen molar-refractivity contribution in [1.29, 1.82) is 0 Å². The number of carbonyl (C=O) groups is 1. The first-order valence-electron chi connectivity index (χ1n) is 7.98. The van der Waals surface area contributed by atoms with Crippen LogP contribution in [-0.4, -0.2) is 32.5 Å². The number of nitrogens with one attached hydrogen (secondary N) is 1. The molecule has 140 valence electrons. The van der Waals surface area contributed by atoms with Crippen LogP contribution in [0, 0.1) is 0 Å². The Hall–Kier alpha value is -2.05. The molecule has 0 unspecified atom stereocenters. The third kappa shape index (κ3) is 4.99. The Morgan fingerprint density at radius 3 is 2.27 bits per heavy atom. The maximum atomic E-state index is 12.4. The van der Waals surface area contributed by atoms with Crippen LogP contribution in [0.1, 0.15) is 12.5 Å². The summed E-state index contributed by atoms with van der Waals surface area (Å²) in [5.41, 5.74) is 0.808. The number of benzene rings is 2. The molecule has 0 saturated heterocycles. The number of thioether (sulfide) groups is 1. The minimum absolute atomic E-state index is 0.0678. The van der Waals surface area contributed by atoms with Gasteiger partial charge in [-0.2, -0.15) is 0 Å². The molecule has 0 aliphatic carbocycles. The molecule has 2 rings (SSSR count). The molecule has 0 radical (unpaired) electrons. The molecule has 5 nitrogen and oxygen atoms in total. The normalized spacial score (nSPS) is 11.6. The summed E-state index contributed by atoms with van der Waals surface area (Å²) in [6.45, 7) is 2.19. The van der Waals surface area contributed by atoms with Gasteiger partial charge in [0, 0.05) is 22.0 Å². The lowest BCUT2D eigenvalue weighted by atomic mass is 10.1. The monoisotopic (exact) mass is 395 g/mol. The summed E-state index contributed by atoms with van der Waals surface area (Å²) < 4.78 is 16.1. The van der Waals surface area contributed by atoms with Crippen LogP contribution in [0.15, 0.2) is 41.3 Å². The largest absolute Gasteiger partial charge is 0.493 e. The second-order valence-electron chi connectivity index (χ2n) is 5.43. The third-order valence-corrected chi connectivity index (χ3v) is 5.10. The zero-order chi connectivity index (χ0) is 19.1. The van der Waals surface area contributed by atoms with Crippen LogP contribution in [-0.2, 0) is 11.3 Å². The summed E-state index contributed by atoms with van der Waals surface area (Å²) in [6, 6.07) is 11.0. The first-order chi connectivity index (χ1) is 12.5. The first kappa shape index (κ1) is 20.3. The molecule has 0 aromatic heterocycles. The molecular weight excluding hydrogens is 374 g/mol. The topological polar surface area (TPSA) is 56.8 Å². The maximum absolute atomic E-state index is 12.4. The standard InChI is InChI=1S/C19H22ClNO4S/c1-12(26-15-8-6-14(20)7-9-15)19(22)21-11-13-5-10-16(23-2)18(25-4)17(13)24-3/h5-10,12H,11H2,1-4H3,(H,21,22)/t12-/m0/s1. The highest BCUT2D eigenvalue weighted by Crippen LogP contribution is 2.39. The van der Waals surface area contributed by atoms with E-state index in [1.54, 1.807) is 27.4 Å². The molecule has 0 aliphatic heterocycles. The summed E-state index contributed by atoms with van der Waals surface area (Å²) >= 11 is 7.36. The van der Waals surface area contributed by atoms with E-state index in [1.165, 1.54) is 11.8 Å². The fraction of sp³-hybridized carbons (Fsp3) is 0.316. The highest BCUT2D eigenvalue weighted by molar-refractivity contribution is 8.00. The van der Waals surface area contributed by atoms with E-state index in [2.05, 4.69) is 5.32 Å². The van der Waals surface area contributed by atoms with E-state index in [0.717, 1.165) is 10.5 Å². The Kier molecular flexibility index (Phi) is 7.48. The molecule has 0 bridgehead atoms. The molecule has 1 atom stereocenters. The van der Waals surface area contributed by atoms with Crippen molar-refractivity contribution < 1.29 is 19.0 Å². The summed E-state index contributed by atoms with van der Waals surface area (Å²) in [5, 5.41) is 3.36. The molecule has 2 aromatic carbocycles. The van der Waals surface area contributed by atoms with E-state index < -0.39 is 0 Å². The van der Waals surface area contributed by atoms with Gasteiger partial charge in [0.1, 0.15) is 0 Å². The molecular formula is C19H22ClNO4S. The maximum Gasteiger partial charge on any atom is 0.233 e. The summed E-state index contributed by atoms with van der Waals surface area (Å²) in [4.78, 5) is 13.4. The Morgan fingerprint density at radius 1 is 1.04 bits per heavy atom. The quantitative estimate of drug-likeness (QED) is 0.680. The molecule has 0 aliphatic rings. The van der Waals surface area contributed by atoms with Crippen molar-refractivity contribution in [2.75, 3.05) is 21.3 Å². The minimum Gasteiger partial charge on any atom is -0.493 e. The number of ether oxygens (including phenoxy) is 3. The van der Waals surface area contributed by atoms with Crippen molar-refractivity contribution in [2.45, 2.75) is 23.6 Å². The molecule has 0 fully saturated rings. The van der Waals surface area contributed by atoms with Gasteiger partial charge in [0.15, 0.2) is 11.5 Å². The van der Waals surface area contributed by atoms with Crippen LogP contribution in [0.4, 0.5) is 0 Å². The van der Waals surface area contributed by atoms with E-state index in [1.807, 2.05) is 37.3 Å². The van der Waals surface area contributed by atoms with E-state index in [4.69, 9.17) is 25.8 Å². The second-order valence-corrected chi connectivity index (χ2v) is 7.28. The molecule has 1 amide bonds. The van der Waals surface area contributed by atoms with Crippen molar-refractivity contribution in [3.63, 3.8) is 0 Å². The van der Waals surface area contributed by atoms with Crippen molar-refractivity contribution in [3.05, 3.63) is 47.0 Å². The van der Waals surface area contributed by atoms with Crippen molar-refractivity contribution >= 4 is 29.3 Å². The Morgan fingerprint density at radius 2 is 1.69 bits per heavy atom. The van der Waals surface area contributed by atoms with Gasteiger partial charge >= 0.3 is 0 Å². The molecule has 0 saturated carbocycles. The zero-order valence-corrected chi connectivity index (χ0v) is 16.7. The third-order valence-electron chi connectivity index (χ3n) is 3.73. The van der Waals surface area contributed by atoms with E-state index in [-0.39, 0.29) is 11.2 Å². The van der Waals surface area contributed by atoms with Crippen LogP contribution < -0.4 is 19.5 Å². The smallest absolute Gasteiger partial charge is 0.233 e. The van der Waals surface area contributed by atoms with Crippen molar-refractivity contribution in [1.82, 2.24) is 5.32 Å². The molecule has 7 heteroatoms. The molecule has 2 aromatic rings. The lowest BCUT2D eigenvalue weighted by Crippen LogP contribution is -2.30. The van der Waals surface area contributed by atoms with Gasteiger partial charge in [0.2, 0.25) is 11.7 Å². The average molecular weight is 396 g/mol. The lowest BCUT2D eigenvalue weighted by molar-refractivity contribution is -0.120. The van der Waals surface area contributed by atoms with Gasteiger partial charge in [0.25, 0.3) is 0 Å². The van der Waals surface area contributed by atoms with Crippen LogP contribution in [0.25, 0.3) is 0 Å². The molecule has 26 heavy (non-hydrogen) atoms. The minimum atomic E-state index is -0.248. The second kappa shape index (κ2) is 9.59. The number of carbonyl (C=O) groups excluding carboxylic acids is 1. The van der Waals surface area contributed by atoms with Gasteiger partial charge in [-0.3, -0.25) is 4.79 Å². The van der Waals surface area contributed by atoms with Crippen molar-refractivity contribution in [2.24, 2.45) is 0 Å². The van der Waals surface area contributed by atoms with Gasteiger partial charge in [-0.25, -0.2) is 0 Å². The Bertz CT molecular complexity index is 752. The SMILES string of the molecule is COc1ccc(CNC(=O)[C@H](C)Sc2ccc(Cl)cc2)c(OC)c1OC. The van der Waals surface area contributed by atoms with Gasteiger partial charge in [-0.05, 0) is 43.3 Å². The van der Waals surface area contributed by atoms with E-state index in [9.17, 15) is 4.79 Å². The number of hydrogen-bond donors (Lipinski definition) is 1. The van der Waals surface area contributed by atoms with Gasteiger partial charge in [-0.1, -0.05) is 11.6 Å². The van der Waals surface area contributed by atoms with Crippen LogP contribution >= 0.6 is 23.4 Å². The van der Waals surface area contributed by atoms with Crippen LogP contribution in [0.2, 0.25) is 5.02 Å². The van der Waals surface area contributed by atoms with Gasteiger partial charge in [-0.15, -0.1) is 11.8 Å². The van der Waals surface area contributed by atoms with Crippen molar-refractivity contribution in [3.8, 4) is 17.2 Å². The van der Waals surface area contributed by atoms with E-state index in [0.29, 0.717) is 28.8 Å². The number of rotatable bonds is 8. The molecule has 0 heterocycles. The highest BCUT2D eigenvalue weighted by Gasteiger charge is 2.18. The molecule has 0 spiro atoms. The predicted octanol–water partition coefficient (Wildman–Crippen LogP) is 4.16. The zero-order valence-electron chi connectivity index (χ0n) is 15.2. The lowest BCUT2D eigenvalue weighted by Gasteiger charge is -2.17. The fourth-order valence-electron chi connectivity index (χ4n) is 2.40. The van der Waals surface area contributed by atoms with Crippen LogP contribution in [0.3, 0.4) is 0 Å². The Balaban J connectivity index is 2.03. The predicted molar refractivity (Wildman–Crippen MR) is 105 cm³/mol. The average Bonchev–Trinajstić information content (AvgIpc) is 2.66. The van der Waals surface area contributed by atoms with E-state index >= 15 is 0 Å².